The number of nitrogens with zero attached hydrogens (tertiary/aromatic N) is 5. The van der Waals surface area contributed by atoms with Crippen molar-refractivity contribution in [3.63, 3.8) is 0 Å². The van der Waals surface area contributed by atoms with Crippen LogP contribution in [0, 0.1) is 11.7 Å². The van der Waals surface area contributed by atoms with Crippen molar-refractivity contribution in [3.8, 4) is 23.1 Å². The van der Waals surface area contributed by atoms with E-state index in [9.17, 15) is 17.6 Å². The van der Waals surface area contributed by atoms with E-state index in [-0.39, 0.29) is 53.7 Å². The van der Waals surface area contributed by atoms with Gasteiger partial charge in [0.1, 0.15) is 35.2 Å². The summed E-state index contributed by atoms with van der Waals surface area (Å²) in [5.74, 6) is -0.799. The third-order valence-electron chi connectivity index (χ3n) is 9.24. The van der Waals surface area contributed by atoms with E-state index in [0.717, 1.165) is 44.4 Å². The molecule has 5 heterocycles. The van der Waals surface area contributed by atoms with Gasteiger partial charge in [-0.25, -0.2) is 13.8 Å². The Morgan fingerprint density at radius 1 is 1.21 bits per heavy atom. The minimum absolute atomic E-state index is 0.0578. The van der Waals surface area contributed by atoms with Crippen molar-refractivity contribution >= 4 is 34.0 Å². The van der Waals surface area contributed by atoms with Crippen molar-refractivity contribution in [1.82, 2.24) is 19.9 Å². The van der Waals surface area contributed by atoms with Crippen LogP contribution in [0.15, 0.2) is 12.1 Å². The first-order chi connectivity index (χ1) is 19.9. The summed E-state index contributed by atoms with van der Waals surface area (Å²) in [5.41, 5.74) is 2.37. The van der Waals surface area contributed by atoms with E-state index >= 15 is 4.39 Å². The lowest BCUT2D eigenvalue weighted by Gasteiger charge is -2.44. The Morgan fingerprint density at radius 2 is 2.02 bits per heavy atom. The van der Waals surface area contributed by atoms with E-state index in [4.69, 9.17) is 26.8 Å². The highest BCUT2D eigenvalue weighted by Crippen LogP contribution is 2.47. The second kappa shape index (κ2) is 9.66. The molecule has 3 aromatic rings. The standard InChI is InChI=1S/C28H28ClF5N6O2/c1-39-18-4-3-13(18)11-41-25-19-23(21(31)22(36-25)16-7-15(35)8-17(29)20(16)28(32,33)34)37-26(38-24(19)39)42-12-27-5-2-6-40(27)10-14(30)9-27/h7-8,13-14,18H,2-6,9-12,35H2,1H3/t13?,14-,18?,27+/m1/s1. The van der Waals surface area contributed by atoms with Gasteiger partial charge in [-0.15, -0.1) is 0 Å². The first-order valence-electron chi connectivity index (χ1n) is 13.9. The lowest BCUT2D eigenvalue weighted by Crippen LogP contribution is -2.49. The summed E-state index contributed by atoms with van der Waals surface area (Å²) in [6, 6.07) is 1.84. The van der Waals surface area contributed by atoms with Gasteiger partial charge in [0.2, 0.25) is 5.88 Å². The largest absolute Gasteiger partial charge is 0.477 e. The molecule has 1 aromatic carbocycles. The SMILES string of the molecule is CN1c2nc(OC[C@@]34CCCN3C[C@H](F)C4)nc3c(F)c(-c4cc(N)cc(Cl)c4C(F)(F)F)nc(c23)OCC2CCC21. The van der Waals surface area contributed by atoms with Crippen molar-refractivity contribution in [2.75, 3.05) is 44.0 Å². The van der Waals surface area contributed by atoms with E-state index < -0.39 is 45.5 Å². The summed E-state index contributed by atoms with van der Waals surface area (Å²) in [4.78, 5) is 17.2. The molecular formula is C28H28ClF5N6O2. The zero-order valence-electron chi connectivity index (χ0n) is 22.6. The molecule has 1 saturated carbocycles. The van der Waals surface area contributed by atoms with Crippen molar-refractivity contribution in [2.24, 2.45) is 5.92 Å². The second-order valence-electron chi connectivity index (χ2n) is 11.7. The van der Waals surface area contributed by atoms with Crippen LogP contribution in [-0.2, 0) is 6.18 Å². The molecular weight excluding hydrogens is 583 g/mol. The molecule has 224 valence electrons. The van der Waals surface area contributed by atoms with Gasteiger partial charge in [-0.1, -0.05) is 11.6 Å². The molecule has 0 radical (unpaired) electrons. The van der Waals surface area contributed by atoms with Crippen LogP contribution < -0.4 is 20.1 Å². The van der Waals surface area contributed by atoms with Crippen LogP contribution in [0.4, 0.5) is 33.5 Å². The third kappa shape index (κ3) is 4.30. The Hall–Kier alpha value is -3.19. The average Bonchev–Trinajstić information content (AvgIpc) is 3.41. The Bertz CT molecular complexity index is 1590. The first kappa shape index (κ1) is 27.6. The molecule has 4 aliphatic rings. The number of alkyl halides is 4. The quantitative estimate of drug-likeness (QED) is 0.300. The fourth-order valence-electron chi connectivity index (χ4n) is 7.05. The van der Waals surface area contributed by atoms with Gasteiger partial charge in [0, 0.05) is 43.2 Å². The molecule has 8 nitrogen and oxygen atoms in total. The molecule has 7 rings (SSSR count). The molecule has 4 atom stereocenters. The fraction of sp³-hybridized carbons (Fsp3) is 0.536. The Kier molecular flexibility index (Phi) is 6.36. The van der Waals surface area contributed by atoms with Crippen LogP contribution in [0.3, 0.4) is 0 Å². The number of rotatable bonds is 4. The summed E-state index contributed by atoms with van der Waals surface area (Å²) in [7, 11) is 1.82. The van der Waals surface area contributed by atoms with Gasteiger partial charge in [-0.2, -0.15) is 23.1 Å². The molecule has 0 spiro atoms. The zero-order chi connectivity index (χ0) is 29.6. The maximum atomic E-state index is 16.5. The number of nitrogens with two attached hydrogens (primary N) is 1. The first-order valence-corrected chi connectivity index (χ1v) is 14.3. The molecule has 42 heavy (non-hydrogen) atoms. The van der Waals surface area contributed by atoms with Gasteiger partial charge in [0.05, 0.1) is 22.7 Å². The summed E-state index contributed by atoms with van der Waals surface area (Å²) >= 11 is 5.98. The molecule has 3 fully saturated rings. The summed E-state index contributed by atoms with van der Waals surface area (Å²) in [6.07, 6.45) is -2.20. The lowest BCUT2D eigenvalue weighted by molar-refractivity contribution is -0.137. The number of aromatic nitrogens is 3. The molecule has 2 unspecified atom stereocenters. The number of halogens is 6. The molecule has 2 aromatic heterocycles. The van der Waals surface area contributed by atoms with Gasteiger partial charge in [0.15, 0.2) is 5.82 Å². The fourth-order valence-corrected chi connectivity index (χ4v) is 7.39. The summed E-state index contributed by atoms with van der Waals surface area (Å²) in [6.45, 7) is 1.42. The lowest BCUT2D eigenvalue weighted by atomic mass is 9.79. The number of benzene rings is 1. The summed E-state index contributed by atoms with van der Waals surface area (Å²) in [5, 5.41) is -0.555. The molecule has 1 aliphatic carbocycles. The Labute approximate surface area is 242 Å². The van der Waals surface area contributed by atoms with Gasteiger partial charge in [-0.05, 0) is 44.4 Å². The summed E-state index contributed by atoms with van der Waals surface area (Å²) < 4.78 is 85.4. The number of ether oxygens (including phenoxy) is 2. The Balaban J connectivity index is 1.41. The van der Waals surface area contributed by atoms with Crippen LogP contribution in [0.2, 0.25) is 5.02 Å². The van der Waals surface area contributed by atoms with Gasteiger partial charge in [0.25, 0.3) is 0 Å². The number of hydrogen-bond donors (Lipinski definition) is 1. The molecule has 2 saturated heterocycles. The van der Waals surface area contributed by atoms with Crippen molar-refractivity contribution < 1.29 is 31.4 Å². The van der Waals surface area contributed by atoms with E-state index in [1.165, 1.54) is 0 Å². The van der Waals surface area contributed by atoms with E-state index in [0.29, 0.717) is 18.8 Å². The van der Waals surface area contributed by atoms with Crippen LogP contribution in [0.5, 0.6) is 11.9 Å². The maximum absolute atomic E-state index is 16.5. The zero-order valence-corrected chi connectivity index (χ0v) is 23.4. The van der Waals surface area contributed by atoms with Gasteiger partial charge >= 0.3 is 12.2 Å². The highest BCUT2D eigenvalue weighted by Gasteiger charge is 2.49. The number of hydrogen-bond acceptors (Lipinski definition) is 8. The minimum atomic E-state index is -4.93. The average molecular weight is 611 g/mol. The van der Waals surface area contributed by atoms with E-state index in [1.54, 1.807) is 0 Å². The predicted molar refractivity (Wildman–Crippen MR) is 146 cm³/mol. The molecule has 14 heteroatoms. The van der Waals surface area contributed by atoms with Crippen molar-refractivity contribution in [1.29, 1.82) is 0 Å². The van der Waals surface area contributed by atoms with Crippen LogP contribution in [-0.4, -0.2) is 71.0 Å². The molecule has 2 N–H and O–H groups in total. The van der Waals surface area contributed by atoms with Crippen LogP contribution >= 0.6 is 11.6 Å². The Morgan fingerprint density at radius 3 is 2.76 bits per heavy atom. The third-order valence-corrected chi connectivity index (χ3v) is 9.54. The molecule has 0 bridgehead atoms. The van der Waals surface area contributed by atoms with E-state index in [1.807, 2.05) is 11.9 Å². The highest BCUT2D eigenvalue weighted by molar-refractivity contribution is 6.32. The monoisotopic (exact) mass is 610 g/mol. The van der Waals surface area contributed by atoms with Crippen LogP contribution in [0.25, 0.3) is 22.2 Å². The maximum Gasteiger partial charge on any atom is 0.418 e. The number of anilines is 2. The van der Waals surface area contributed by atoms with E-state index in [2.05, 4.69) is 19.9 Å². The minimum Gasteiger partial charge on any atom is -0.477 e. The normalized spacial score (nSPS) is 27.2. The number of pyridine rings is 1. The van der Waals surface area contributed by atoms with Gasteiger partial charge in [-0.3, -0.25) is 4.90 Å². The van der Waals surface area contributed by atoms with Crippen molar-refractivity contribution in [2.45, 2.75) is 56.0 Å². The van der Waals surface area contributed by atoms with Crippen molar-refractivity contribution in [3.05, 3.63) is 28.5 Å². The molecule has 3 aliphatic heterocycles. The smallest absolute Gasteiger partial charge is 0.418 e. The number of nitrogen functional groups attached to an aromatic ring is 1. The van der Waals surface area contributed by atoms with Crippen LogP contribution in [0.1, 0.15) is 37.7 Å². The van der Waals surface area contributed by atoms with Gasteiger partial charge < -0.3 is 20.1 Å². The topological polar surface area (TPSA) is 89.6 Å². The predicted octanol–water partition coefficient (Wildman–Crippen LogP) is 5.65. The molecule has 0 amide bonds. The number of fused-ring (bicyclic) bond motifs is 2. The highest BCUT2D eigenvalue weighted by atomic mass is 35.5. The second-order valence-corrected chi connectivity index (χ2v) is 12.2.